The summed E-state index contributed by atoms with van der Waals surface area (Å²) in [5.74, 6) is 0. The number of methoxy groups -OCH3 is 3. The minimum Gasteiger partial charge on any atom is -0.388 e. The molecule has 98 valence electrons. The molecule has 0 amide bonds. The second kappa shape index (κ2) is 16.0. The van der Waals surface area contributed by atoms with Gasteiger partial charge in [-0.05, 0) is 0 Å². The SMILES string of the molecule is C.COC.COC(C)(F)F.COC(F)F. The standard InChI is InChI=1S/C3H6F2O.C2H4F2O.C2H6O.CH4/c1-3(4,5)6-2;1-5-2(3)4;1-3-2;/h1-2H3;2H,1H3;1-2H3;1H4. The van der Waals surface area contributed by atoms with E-state index in [1.807, 2.05) is 0 Å². The monoisotopic (exact) mass is 240 g/mol. The van der Waals surface area contributed by atoms with Crippen LogP contribution in [-0.4, -0.2) is 41.2 Å². The molecule has 0 unspecified atom stereocenters. The van der Waals surface area contributed by atoms with E-state index in [1.54, 1.807) is 14.2 Å². The molecular weight excluding hydrogens is 220 g/mol. The zero-order valence-corrected chi connectivity index (χ0v) is 8.81. The molecule has 0 aliphatic heterocycles. The predicted octanol–water partition coefficient (Wildman–Crippen LogP) is 3.00. The first kappa shape index (κ1) is 24.0. The van der Waals surface area contributed by atoms with Crippen LogP contribution in [-0.2, 0) is 14.2 Å². The van der Waals surface area contributed by atoms with Gasteiger partial charge in [-0.25, -0.2) is 0 Å². The molecule has 0 aromatic carbocycles. The number of ether oxygens (including phenoxy) is 3. The van der Waals surface area contributed by atoms with E-state index in [1.165, 1.54) is 0 Å². The number of halogens is 4. The lowest BCUT2D eigenvalue weighted by atomic mass is 10.8. The zero-order valence-electron chi connectivity index (χ0n) is 8.81. The van der Waals surface area contributed by atoms with Gasteiger partial charge in [0, 0.05) is 35.4 Å². The third kappa shape index (κ3) is 86.5. The van der Waals surface area contributed by atoms with Gasteiger partial charge < -0.3 is 14.2 Å². The Bertz CT molecular complexity index is 96.4. The fourth-order valence-corrected chi connectivity index (χ4v) is 0. The van der Waals surface area contributed by atoms with Gasteiger partial charge in [0.2, 0.25) is 0 Å². The minimum atomic E-state index is -2.96. The Labute approximate surface area is 88.3 Å². The molecule has 15 heavy (non-hydrogen) atoms. The highest BCUT2D eigenvalue weighted by molar-refractivity contribution is 4.30. The molecule has 0 aromatic rings. The average molecular weight is 240 g/mol. The molecule has 0 atom stereocenters. The van der Waals surface area contributed by atoms with E-state index < -0.39 is 12.7 Å². The summed E-state index contributed by atoms with van der Waals surface area (Å²) < 4.78 is 54.8. The van der Waals surface area contributed by atoms with Crippen molar-refractivity contribution in [3.8, 4) is 0 Å². The molecular formula is C8H20F4O3. The van der Waals surface area contributed by atoms with Crippen molar-refractivity contribution in [1.82, 2.24) is 0 Å². The van der Waals surface area contributed by atoms with Crippen LogP contribution in [0.15, 0.2) is 0 Å². The molecule has 0 bridgehead atoms. The molecule has 0 saturated carbocycles. The lowest BCUT2D eigenvalue weighted by Gasteiger charge is -2.03. The molecule has 0 aliphatic rings. The molecule has 0 heterocycles. The Balaban J connectivity index is -0.0000000617. The molecule has 3 nitrogen and oxygen atoms in total. The van der Waals surface area contributed by atoms with Crippen molar-refractivity contribution in [2.24, 2.45) is 0 Å². The Hall–Kier alpha value is -0.400. The van der Waals surface area contributed by atoms with Crippen molar-refractivity contribution in [2.75, 3.05) is 28.4 Å². The van der Waals surface area contributed by atoms with Crippen molar-refractivity contribution in [2.45, 2.75) is 27.1 Å². The highest BCUT2D eigenvalue weighted by Gasteiger charge is 2.17. The van der Waals surface area contributed by atoms with Crippen LogP contribution in [0.4, 0.5) is 17.6 Å². The maximum atomic E-state index is 11.2. The van der Waals surface area contributed by atoms with Gasteiger partial charge in [0.05, 0.1) is 0 Å². The first-order chi connectivity index (χ1) is 6.24. The smallest absolute Gasteiger partial charge is 0.352 e. The summed E-state index contributed by atoms with van der Waals surface area (Å²) in [7, 11) is 5.16. The summed E-state index contributed by atoms with van der Waals surface area (Å²) in [5.41, 5.74) is 0. The largest absolute Gasteiger partial charge is 0.388 e. The van der Waals surface area contributed by atoms with Crippen LogP contribution in [0.3, 0.4) is 0 Å². The van der Waals surface area contributed by atoms with Gasteiger partial charge in [-0.2, -0.15) is 17.6 Å². The maximum absolute atomic E-state index is 11.2. The molecule has 0 saturated heterocycles. The lowest BCUT2D eigenvalue weighted by molar-refractivity contribution is -0.205. The van der Waals surface area contributed by atoms with Crippen molar-refractivity contribution in [3.63, 3.8) is 0 Å². The van der Waals surface area contributed by atoms with E-state index in [2.05, 4.69) is 14.2 Å². The van der Waals surface area contributed by atoms with Gasteiger partial charge in [0.15, 0.2) is 0 Å². The molecule has 0 N–H and O–H groups in total. The fraction of sp³-hybridized carbons (Fsp3) is 1.00. The summed E-state index contributed by atoms with van der Waals surface area (Å²) in [5, 5.41) is 0. The molecule has 0 aromatic heterocycles. The van der Waals surface area contributed by atoms with E-state index in [0.717, 1.165) is 14.2 Å². The van der Waals surface area contributed by atoms with Crippen LogP contribution in [0, 0.1) is 0 Å². The third-order valence-corrected chi connectivity index (χ3v) is 0.537. The Kier molecular flexibility index (Phi) is 25.7. The van der Waals surface area contributed by atoms with Gasteiger partial charge in [0.25, 0.3) is 0 Å². The topological polar surface area (TPSA) is 27.7 Å². The van der Waals surface area contributed by atoms with E-state index in [-0.39, 0.29) is 7.43 Å². The highest BCUT2D eigenvalue weighted by atomic mass is 19.3. The first-order valence-electron chi connectivity index (χ1n) is 3.39. The third-order valence-electron chi connectivity index (χ3n) is 0.537. The molecule has 7 heteroatoms. The number of alkyl halides is 4. The van der Waals surface area contributed by atoms with Gasteiger partial charge in [-0.3, -0.25) is 0 Å². The van der Waals surface area contributed by atoms with Crippen LogP contribution < -0.4 is 0 Å². The fourth-order valence-electron chi connectivity index (χ4n) is 0. The molecule has 0 spiro atoms. The van der Waals surface area contributed by atoms with Crippen LogP contribution in [0.5, 0.6) is 0 Å². The van der Waals surface area contributed by atoms with Gasteiger partial charge in [-0.15, -0.1) is 0 Å². The van der Waals surface area contributed by atoms with E-state index >= 15 is 0 Å². The number of rotatable bonds is 2. The first-order valence-corrected chi connectivity index (χ1v) is 3.39. The summed E-state index contributed by atoms with van der Waals surface area (Å²) in [6, 6.07) is 0. The second-order valence-corrected chi connectivity index (χ2v) is 1.92. The zero-order chi connectivity index (χ0) is 12.2. The van der Waals surface area contributed by atoms with Crippen molar-refractivity contribution >= 4 is 0 Å². The summed E-state index contributed by atoms with van der Waals surface area (Å²) in [6.45, 7) is -1.93. The number of hydrogen-bond donors (Lipinski definition) is 0. The van der Waals surface area contributed by atoms with E-state index in [4.69, 9.17) is 0 Å². The maximum Gasteiger partial charge on any atom is 0.352 e. The Morgan fingerprint density at radius 2 is 1.13 bits per heavy atom. The second-order valence-electron chi connectivity index (χ2n) is 1.92. The van der Waals surface area contributed by atoms with Crippen molar-refractivity contribution < 1.29 is 31.8 Å². The van der Waals surface area contributed by atoms with Crippen molar-refractivity contribution in [1.29, 1.82) is 0 Å². The van der Waals surface area contributed by atoms with Gasteiger partial charge in [0.1, 0.15) is 0 Å². The molecule has 0 fully saturated rings. The predicted molar refractivity (Wildman–Crippen MR) is 50.3 cm³/mol. The molecule has 0 aliphatic carbocycles. The van der Waals surface area contributed by atoms with Gasteiger partial charge >= 0.3 is 12.7 Å². The molecule has 0 radical (unpaired) electrons. The highest BCUT2D eigenvalue weighted by Crippen LogP contribution is 2.09. The summed E-state index contributed by atoms with van der Waals surface area (Å²) in [6.07, 6.45) is -2.96. The molecule has 0 rings (SSSR count). The Morgan fingerprint density at radius 1 is 1.00 bits per heavy atom. The summed E-state index contributed by atoms with van der Waals surface area (Å²) in [4.78, 5) is 0. The summed E-state index contributed by atoms with van der Waals surface area (Å²) >= 11 is 0. The average Bonchev–Trinajstić information content (AvgIpc) is 2.06. The van der Waals surface area contributed by atoms with Crippen LogP contribution in [0.1, 0.15) is 14.4 Å². The van der Waals surface area contributed by atoms with E-state index in [0.29, 0.717) is 6.92 Å². The normalized spacial score (nSPS) is 9.20. The van der Waals surface area contributed by atoms with Crippen LogP contribution >= 0.6 is 0 Å². The van der Waals surface area contributed by atoms with Crippen LogP contribution in [0.25, 0.3) is 0 Å². The van der Waals surface area contributed by atoms with Gasteiger partial charge in [-0.1, -0.05) is 7.43 Å². The minimum absolute atomic E-state index is 0. The van der Waals surface area contributed by atoms with Crippen molar-refractivity contribution in [3.05, 3.63) is 0 Å². The van der Waals surface area contributed by atoms with E-state index in [9.17, 15) is 17.6 Å². The Morgan fingerprint density at radius 3 is 1.13 bits per heavy atom. The number of hydrogen-bond acceptors (Lipinski definition) is 3. The quantitative estimate of drug-likeness (QED) is 0.694. The lowest BCUT2D eigenvalue weighted by Crippen LogP contribution is -2.10. The van der Waals surface area contributed by atoms with Crippen LogP contribution in [0.2, 0.25) is 0 Å².